The largest absolute Gasteiger partial charge is 0.870 e. The fourth-order valence-electron chi connectivity index (χ4n) is 1.82. The first-order chi connectivity index (χ1) is 11.9. The van der Waals surface area contributed by atoms with Crippen molar-refractivity contribution in [2.45, 2.75) is 0 Å². The summed E-state index contributed by atoms with van der Waals surface area (Å²) in [6, 6.07) is 11.1. The van der Waals surface area contributed by atoms with E-state index in [0.717, 1.165) is 17.7 Å². The highest BCUT2D eigenvalue weighted by Gasteiger charge is 2.12. The van der Waals surface area contributed by atoms with Crippen LogP contribution in [0.15, 0.2) is 48.5 Å². The van der Waals surface area contributed by atoms with Crippen LogP contribution in [0.25, 0.3) is 6.08 Å². The van der Waals surface area contributed by atoms with Crippen molar-refractivity contribution >= 4 is 52.3 Å². The summed E-state index contributed by atoms with van der Waals surface area (Å²) in [6.07, 6.45) is 2.85. The summed E-state index contributed by atoms with van der Waals surface area (Å²) in [5.74, 6) is -1.19. The molecule has 0 spiro atoms. The van der Waals surface area contributed by atoms with Gasteiger partial charge in [-0.1, -0.05) is 47.7 Å². The van der Waals surface area contributed by atoms with E-state index in [2.05, 4.69) is 10.6 Å². The molecule has 9 heteroatoms. The second-order valence-electron chi connectivity index (χ2n) is 4.75. The van der Waals surface area contributed by atoms with Crippen LogP contribution in [0, 0.1) is 10.1 Å². The van der Waals surface area contributed by atoms with Crippen LogP contribution in [0.3, 0.4) is 0 Å². The minimum Gasteiger partial charge on any atom is -0.870 e. The SMILES string of the molecule is O=C(/C=C/c1ccccc1)NC(=S)Nc1cc([N+](=O)[O-])cc(Cl)c1[O-]. The monoisotopic (exact) mass is 376 g/mol. The fraction of sp³-hybridized carbons (Fsp3) is 0. The van der Waals surface area contributed by atoms with Crippen molar-refractivity contribution in [2.24, 2.45) is 0 Å². The van der Waals surface area contributed by atoms with Crippen molar-refractivity contribution in [1.82, 2.24) is 5.32 Å². The van der Waals surface area contributed by atoms with E-state index in [1.807, 2.05) is 30.3 Å². The molecule has 0 fully saturated rings. The number of hydrogen-bond donors (Lipinski definition) is 2. The van der Waals surface area contributed by atoms with Gasteiger partial charge < -0.3 is 10.4 Å². The van der Waals surface area contributed by atoms with Crippen LogP contribution in [-0.2, 0) is 4.79 Å². The molecular formula is C16H11ClN3O4S-. The molecule has 2 rings (SSSR count). The zero-order valence-electron chi connectivity index (χ0n) is 12.6. The van der Waals surface area contributed by atoms with E-state index in [4.69, 9.17) is 23.8 Å². The standard InChI is InChI=1S/C16H12ClN3O4S/c17-12-8-11(20(23)24)9-13(15(12)22)18-16(25)19-14(21)7-6-10-4-2-1-3-5-10/h1-9,22H,(H2,18,19,21,25)/p-1/b7-6+. The summed E-state index contributed by atoms with van der Waals surface area (Å²) >= 11 is 10.6. The van der Waals surface area contributed by atoms with Crippen molar-refractivity contribution in [2.75, 3.05) is 5.32 Å². The smallest absolute Gasteiger partial charge is 0.272 e. The molecule has 7 nitrogen and oxygen atoms in total. The Labute approximate surface area is 153 Å². The number of thiocarbonyl (C=S) groups is 1. The summed E-state index contributed by atoms with van der Waals surface area (Å²) in [7, 11) is 0. The lowest BCUT2D eigenvalue weighted by Crippen LogP contribution is -2.33. The quantitative estimate of drug-likeness (QED) is 0.367. The first-order valence-corrected chi connectivity index (χ1v) is 7.65. The van der Waals surface area contributed by atoms with Crippen molar-refractivity contribution in [3.8, 4) is 5.75 Å². The van der Waals surface area contributed by atoms with Gasteiger partial charge >= 0.3 is 0 Å². The Morgan fingerprint density at radius 1 is 1.24 bits per heavy atom. The lowest BCUT2D eigenvalue weighted by molar-refractivity contribution is -0.385. The number of nitrogens with one attached hydrogen (secondary N) is 2. The number of nitro benzene ring substituents is 1. The Morgan fingerprint density at radius 3 is 2.56 bits per heavy atom. The van der Waals surface area contributed by atoms with E-state index >= 15 is 0 Å². The second kappa shape index (κ2) is 8.22. The van der Waals surface area contributed by atoms with E-state index < -0.39 is 16.6 Å². The summed E-state index contributed by atoms with van der Waals surface area (Å²) in [5.41, 5.74) is 0.255. The number of amides is 1. The van der Waals surface area contributed by atoms with Crippen LogP contribution in [0.4, 0.5) is 11.4 Å². The Hall–Kier alpha value is -2.97. The number of benzene rings is 2. The van der Waals surface area contributed by atoms with Gasteiger partial charge in [-0.05, 0) is 23.9 Å². The molecule has 0 aliphatic heterocycles. The van der Waals surface area contributed by atoms with Gasteiger partial charge in [-0.15, -0.1) is 0 Å². The van der Waals surface area contributed by atoms with Crippen LogP contribution in [0.1, 0.15) is 5.56 Å². The van der Waals surface area contributed by atoms with E-state index in [-0.39, 0.29) is 21.5 Å². The molecule has 0 bridgehead atoms. The average molecular weight is 377 g/mol. The van der Waals surface area contributed by atoms with Gasteiger partial charge in [0.1, 0.15) is 0 Å². The predicted octanol–water partition coefficient (Wildman–Crippen LogP) is 2.85. The third-order valence-corrected chi connectivity index (χ3v) is 3.44. The third-order valence-electron chi connectivity index (χ3n) is 2.95. The van der Waals surface area contributed by atoms with E-state index in [1.165, 1.54) is 6.08 Å². The number of carbonyl (C=O) groups excluding carboxylic acids is 1. The van der Waals surface area contributed by atoms with Gasteiger partial charge in [-0.3, -0.25) is 20.2 Å². The van der Waals surface area contributed by atoms with Gasteiger partial charge in [0.05, 0.1) is 4.92 Å². The minimum atomic E-state index is -0.694. The molecule has 0 heterocycles. The summed E-state index contributed by atoms with van der Waals surface area (Å²) in [6.45, 7) is 0. The molecule has 2 N–H and O–H groups in total. The van der Waals surface area contributed by atoms with Gasteiger partial charge in [-0.2, -0.15) is 0 Å². The number of anilines is 1. The Kier molecular flexibility index (Phi) is 6.04. The third kappa shape index (κ3) is 5.27. The summed E-state index contributed by atoms with van der Waals surface area (Å²) < 4.78 is 0. The highest BCUT2D eigenvalue weighted by Crippen LogP contribution is 2.33. The van der Waals surface area contributed by atoms with E-state index in [9.17, 15) is 20.0 Å². The molecule has 0 aliphatic rings. The Bertz CT molecular complexity index is 856. The summed E-state index contributed by atoms with van der Waals surface area (Å²) in [5, 5.41) is 26.9. The zero-order valence-corrected chi connectivity index (χ0v) is 14.1. The normalized spacial score (nSPS) is 10.4. The maximum atomic E-state index is 11.9. The van der Waals surface area contributed by atoms with Gasteiger partial charge in [0.15, 0.2) is 5.11 Å². The number of halogens is 1. The molecule has 0 aromatic heterocycles. The molecule has 0 saturated heterocycles. The summed E-state index contributed by atoms with van der Waals surface area (Å²) in [4.78, 5) is 21.9. The van der Waals surface area contributed by atoms with Gasteiger partial charge in [0.2, 0.25) is 5.91 Å². The molecule has 25 heavy (non-hydrogen) atoms. The van der Waals surface area contributed by atoms with Gasteiger partial charge in [0.25, 0.3) is 5.69 Å². The topological polar surface area (TPSA) is 107 Å². The molecule has 128 valence electrons. The number of rotatable bonds is 4. The molecule has 2 aromatic rings. The number of non-ortho nitro benzene ring substituents is 1. The van der Waals surface area contributed by atoms with Crippen LogP contribution >= 0.6 is 23.8 Å². The number of nitrogens with zero attached hydrogens (tertiary/aromatic N) is 1. The first kappa shape index (κ1) is 18.4. The number of carbonyl (C=O) groups is 1. The second-order valence-corrected chi connectivity index (χ2v) is 5.56. The van der Waals surface area contributed by atoms with Crippen molar-refractivity contribution in [3.05, 3.63) is 69.2 Å². The number of nitro groups is 1. The minimum absolute atomic E-state index is 0.184. The number of hydrogen-bond acceptors (Lipinski definition) is 5. The molecule has 1 amide bonds. The van der Waals surface area contributed by atoms with Gasteiger partial charge in [0, 0.05) is 28.9 Å². The van der Waals surface area contributed by atoms with Gasteiger partial charge in [-0.25, -0.2) is 0 Å². The molecule has 0 saturated carbocycles. The molecule has 2 aromatic carbocycles. The lowest BCUT2D eigenvalue weighted by Gasteiger charge is -2.17. The van der Waals surface area contributed by atoms with E-state index in [1.54, 1.807) is 6.08 Å². The Morgan fingerprint density at radius 2 is 1.92 bits per heavy atom. The Balaban J connectivity index is 2.04. The van der Waals surface area contributed by atoms with E-state index in [0.29, 0.717) is 0 Å². The van der Waals surface area contributed by atoms with Crippen molar-refractivity contribution in [1.29, 1.82) is 0 Å². The van der Waals surface area contributed by atoms with Crippen LogP contribution in [-0.4, -0.2) is 15.9 Å². The lowest BCUT2D eigenvalue weighted by atomic mass is 10.2. The molecule has 0 atom stereocenters. The zero-order chi connectivity index (χ0) is 18.4. The highest BCUT2D eigenvalue weighted by atomic mass is 35.5. The predicted molar refractivity (Wildman–Crippen MR) is 97.4 cm³/mol. The molecule has 0 unspecified atom stereocenters. The molecule has 0 aliphatic carbocycles. The maximum absolute atomic E-state index is 11.9. The van der Waals surface area contributed by atoms with Crippen LogP contribution in [0.2, 0.25) is 5.02 Å². The highest BCUT2D eigenvalue weighted by molar-refractivity contribution is 7.80. The van der Waals surface area contributed by atoms with Crippen LogP contribution in [0.5, 0.6) is 5.75 Å². The molecule has 0 radical (unpaired) electrons. The average Bonchev–Trinajstić information content (AvgIpc) is 2.57. The maximum Gasteiger partial charge on any atom is 0.272 e. The fourth-order valence-corrected chi connectivity index (χ4v) is 2.24. The molecular weight excluding hydrogens is 366 g/mol. The van der Waals surface area contributed by atoms with Crippen LogP contribution < -0.4 is 15.7 Å². The first-order valence-electron chi connectivity index (χ1n) is 6.87. The van der Waals surface area contributed by atoms with Crippen molar-refractivity contribution < 1.29 is 14.8 Å². The van der Waals surface area contributed by atoms with Crippen molar-refractivity contribution in [3.63, 3.8) is 0 Å².